The number of benzene rings is 2. The van der Waals surface area contributed by atoms with E-state index in [0.717, 1.165) is 23.3 Å². The van der Waals surface area contributed by atoms with Gasteiger partial charge in [0.2, 0.25) is 0 Å². The number of carbonyl (C=O) groups is 1. The summed E-state index contributed by atoms with van der Waals surface area (Å²) in [4.78, 5) is 28.9. The predicted octanol–water partition coefficient (Wildman–Crippen LogP) is 0.455. The largest absolute Gasteiger partial charge is 0.488 e. The molecule has 0 spiro atoms. The van der Waals surface area contributed by atoms with Gasteiger partial charge in [0.25, 0.3) is 0 Å². The van der Waals surface area contributed by atoms with Gasteiger partial charge in [-0.1, -0.05) is 18.2 Å². The number of para-hydroxylation sites is 1. The number of hydrogen-bond acceptors (Lipinski definition) is 6. The van der Waals surface area contributed by atoms with E-state index in [4.69, 9.17) is 14.5 Å². The maximum atomic E-state index is 11.3. The van der Waals surface area contributed by atoms with Gasteiger partial charge in [-0.2, -0.15) is 14.9 Å². The Morgan fingerprint density at radius 3 is 3.11 bits per heavy atom. The van der Waals surface area contributed by atoms with Gasteiger partial charge in [0.1, 0.15) is 30.4 Å². The molecule has 1 unspecified atom stereocenters. The van der Waals surface area contributed by atoms with Crippen LogP contribution in [0.3, 0.4) is 0 Å². The van der Waals surface area contributed by atoms with Gasteiger partial charge in [-0.15, -0.1) is 0 Å². The number of rotatable bonds is 8. The minimum atomic E-state index is -0.688. The maximum Gasteiger partial charge on any atom is 0.368 e. The molecule has 2 heterocycles. The van der Waals surface area contributed by atoms with Crippen molar-refractivity contribution in [2.45, 2.75) is 19.1 Å². The molecule has 2 aliphatic rings. The van der Waals surface area contributed by atoms with Crippen molar-refractivity contribution in [2.24, 2.45) is 9.98 Å². The minimum absolute atomic E-state index is 0.0944. The van der Waals surface area contributed by atoms with Crippen molar-refractivity contribution in [2.75, 3.05) is 19.7 Å². The molecule has 0 aliphatic carbocycles. The summed E-state index contributed by atoms with van der Waals surface area (Å²) in [6, 6.07) is 10.6. The second-order valence-electron chi connectivity index (χ2n) is 6.34. The van der Waals surface area contributed by atoms with E-state index in [1.54, 1.807) is 18.2 Å². The highest BCUT2D eigenvalue weighted by molar-refractivity contribution is 5.77. The lowest BCUT2D eigenvalue weighted by Crippen LogP contribution is -2.34. The fraction of sp³-hybridized carbons (Fsp3) is 0.316. The molecule has 8 nitrogen and oxygen atoms in total. The summed E-state index contributed by atoms with van der Waals surface area (Å²) in [5.74, 6) is 1.22. The van der Waals surface area contributed by atoms with Crippen LogP contribution in [0.5, 0.6) is 11.5 Å². The highest BCUT2D eigenvalue weighted by Crippen LogP contribution is 2.26. The Morgan fingerprint density at radius 1 is 1.26 bits per heavy atom. The first kappa shape index (κ1) is 17.6. The van der Waals surface area contributed by atoms with Crippen LogP contribution in [0, 0.1) is 0 Å². The first-order chi connectivity index (χ1) is 13.2. The van der Waals surface area contributed by atoms with E-state index in [2.05, 4.69) is 15.3 Å². The smallest absolute Gasteiger partial charge is 0.368 e. The van der Waals surface area contributed by atoms with E-state index in [1.807, 2.05) is 18.2 Å². The lowest BCUT2D eigenvalue weighted by atomic mass is 10.1. The fourth-order valence-electron chi connectivity index (χ4n) is 2.91. The van der Waals surface area contributed by atoms with Crippen LogP contribution in [0.2, 0.25) is 0 Å². The zero-order chi connectivity index (χ0) is 18.6. The Kier molecular flexibility index (Phi) is 5.10. The summed E-state index contributed by atoms with van der Waals surface area (Å²) in [6.07, 6.45) is 0.116. The maximum absolute atomic E-state index is 11.3. The number of nitrogens with zero attached hydrogens (tertiary/aromatic N) is 2. The zero-order valence-corrected chi connectivity index (χ0v) is 14.6. The summed E-state index contributed by atoms with van der Waals surface area (Å²) in [7, 11) is 0. The number of hydrogen-bond donors (Lipinski definition) is 2. The third-order valence-corrected chi connectivity index (χ3v) is 4.30. The van der Waals surface area contributed by atoms with Crippen LogP contribution < -0.4 is 25.7 Å². The monoisotopic (exact) mass is 369 g/mol. The van der Waals surface area contributed by atoms with Crippen LogP contribution in [0.15, 0.2) is 46.4 Å². The lowest BCUT2D eigenvalue weighted by Gasteiger charge is -2.13. The second-order valence-corrected chi connectivity index (χ2v) is 6.34. The van der Waals surface area contributed by atoms with Gasteiger partial charge >= 0.3 is 6.03 Å². The Hall–Kier alpha value is -2.81. The molecule has 0 bridgehead atoms. The van der Waals surface area contributed by atoms with Crippen LogP contribution in [0.1, 0.15) is 11.1 Å². The highest BCUT2D eigenvalue weighted by Gasteiger charge is 2.14. The van der Waals surface area contributed by atoms with Crippen molar-refractivity contribution in [3.63, 3.8) is 0 Å². The highest BCUT2D eigenvalue weighted by atomic mass is 17.2. The quantitative estimate of drug-likeness (QED) is 0.518. The standard InChI is InChI=1S/C19H19N3O5/c23-14(11-25-16-3-1-2-15-18(16)22-19(24)21-15)9-20-7-6-12-4-5-13-10-26-27-17(13)8-12/h1-5,8,14,20,23H,6-7,9-11H2. The Morgan fingerprint density at radius 2 is 2.19 bits per heavy atom. The number of aliphatic hydroxyl groups excluding tert-OH is 1. The molecule has 0 radical (unpaired) electrons. The van der Waals surface area contributed by atoms with E-state index < -0.39 is 12.1 Å². The molecule has 0 aromatic heterocycles. The Labute approximate surface area is 155 Å². The van der Waals surface area contributed by atoms with Gasteiger partial charge in [-0.25, -0.2) is 4.79 Å². The molecule has 0 saturated heterocycles. The molecule has 27 heavy (non-hydrogen) atoms. The lowest BCUT2D eigenvalue weighted by molar-refractivity contribution is -0.194. The summed E-state index contributed by atoms with van der Waals surface area (Å²) >= 11 is 0. The third kappa shape index (κ3) is 4.13. The van der Waals surface area contributed by atoms with Crippen LogP contribution in [0.4, 0.5) is 4.79 Å². The molecular formula is C19H19N3O5. The van der Waals surface area contributed by atoms with E-state index >= 15 is 0 Å². The Bertz CT molecular complexity index is 976. The molecule has 4 rings (SSSR count). The average Bonchev–Trinajstić information content (AvgIpc) is 3.28. The molecule has 2 N–H and O–H groups in total. The number of urea groups is 1. The van der Waals surface area contributed by atoms with E-state index in [0.29, 0.717) is 36.2 Å². The molecule has 1 atom stereocenters. The van der Waals surface area contributed by atoms with Crippen molar-refractivity contribution in [1.82, 2.24) is 5.32 Å². The summed E-state index contributed by atoms with van der Waals surface area (Å²) < 4.78 is 5.60. The molecule has 2 amide bonds. The second kappa shape index (κ2) is 7.83. The molecule has 8 heteroatoms. The topological polar surface area (TPSA) is 102 Å². The Balaban J connectivity index is 1.21. The average molecular weight is 369 g/mol. The summed E-state index contributed by atoms with van der Waals surface area (Å²) in [6.45, 7) is 1.68. The van der Waals surface area contributed by atoms with Crippen LogP contribution in [-0.4, -0.2) is 36.9 Å². The van der Waals surface area contributed by atoms with Gasteiger partial charge in [-0.3, -0.25) is 0 Å². The van der Waals surface area contributed by atoms with E-state index in [-0.39, 0.29) is 6.61 Å². The van der Waals surface area contributed by atoms with Crippen molar-refractivity contribution in [3.8, 4) is 11.5 Å². The number of carbonyl (C=O) groups excluding carboxylic acids is 1. The van der Waals surface area contributed by atoms with Gasteiger partial charge in [0.05, 0.1) is 5.36 Å². The zero-order valence-electron chi connectivity index (χ0n) is 14.6. The first-order valence-electron chi connectivity index (χ1n) is 8.72. The molecule has 140 valence electrons. The van der Waals surface area contributed by atoms with Gasteiger partial charge in [0, 0.05) is 12.1 Å². The summed E-state index contributed by atoms with van der Waals surface area (Å²) in [5, 5.41) is 14.2. The predicted molar refractivity (Wildman–Crippen MR) is 94.1 cm³/mol. The van der Waals surface area contributed by atoms with Crippen LogP contribution in [-0.2, 0) is 17.9 Å². The van der Waals surface area contributed by atoms with Crippen molar-refractivity contribution < 1.29 is 24.4 Å². The molecule has 2 aromatic carbocycles. The molecule has 0 fully saturated rings. The van der Waals surface area contributed by atoms with Crippen molar-refractivity contribution in [1.29, 1.82) is 0 Å². The molecule has 2 aromatic rings. The number of nitrogens with one attached hydrogen (secondary N) is 1. The van der Waals surface area contributed by atoms with E-state index in [1.165, 1.54) is 0 Å². The number of aliphatic hydroxyl groups is 1. The molecule has 0 saturated carbocycles. The fourth-order valence-corrected chi connectivity index (χ4v) is 2.91. The van der Waals surface area contributed by atoms with Crippen LogP contribution >= 0.6 is 0 Å². The van der Waals surface area contributed by atoms with Crippen LogP contribution in [0.25, 0.3) is 0 Å². The minimum Gasteiger partial charge on any atom is -0.488 e. The SMILES string of the molecule is O=C1N=c2cccc(OCC(O)CNCCc3ccc4c(c3)OOC4)c2=N1. The van der Waals surface area contributed by atoms with Gasteiger partial charge < -0.3 is 20.0 Å². The number of amides is 2. The normalized spacial score (nSPS) is 15.4. The van der Waals surface area contributed by atoms with Gasteiger partial charge in [-0.05, 0) is 36.7 Å². The third-order valence-electron chi connectivity index (χ3n) is 4.30. The summed E-state index contributed by atoms with van der Waals surface area (Å²) in [5.41, 5.74) is 2.18. The first-order valence-corrected chi connectivity index (χ1v) is 8.72. The van der Waals surface area contributed by atoms with Crippen molar-refractivity contribution >= 4 is 6.03 Å². The van der Waals surface area contributed by atoms with Gasteiger partial charge in [0.15, 0.2) is 5.75 Å². The van der Waals surface area contributed by atoms with Crippen molar-refractivity contribution in [3.05, 3.63) is 58.2 Å². The molecule has 2 aliphatic heterocycles. The molecular weight excluding hydrogens is 350 g/mol. The number of ether oxygens (including phenoxy) is 1. The van der Waals surface area contributed by atoms with E-state index in [9.17, 15) is 9.90 Å². The number of fused-ring (bicyclic) bond motifs is 2.